The van der Waals surface area contributed by atoms with Gasteiger partial charge in [0.05, 0.1) is 5.69 Å². The van der Waals surface area contributed by atoms with Crippen molar-refractivity contribution in [3.63, 3.8) is 0 Å². The smallest absolute Gasteiger partial charge is 0.220 e. The number of carbonyl (C=O) groups is 1. The topological polar surface area (TPSA) is 83.3 Å². The molecule has 0 radical (unpaired) electrons. The Morgan fingerprint density at radius 2 is 1.93 bits per heavy atom. The van der Waals surface area contributed by atoms with E-state index in [2.05, 4.69) is 46.8 Å². The van der Waals surface area contributed by atoms with Gasteiger partial charge in [0.15, 0.2) is 5.96 Å². The minimum Gasteiger partial charge on any atom is -0.355 e. The standard InChI is InChI=1S/C20H36N6O/c1-14(12-18-15(2)25-26(5)16(18)3)24-20(21-4)23-11-10-22-19(27)13-17-8-6-7-9-17/h14,17H,6-13H2,1-5H3,(H,22,27)(H2,21,23,24). The second kappa shape index (κ2) is 10.3. The highest BCUT2D eigenvalue weighted by atomic mass is 16.1. The van der Waals surface area contributed by atoms with E-state index >= 15 is 0 Å². The summed E-state index contributed by atoms with van der Waals surface area (Å²) in [5.41, 5.74) is 3.57. The zero-order valence-corrected chi connectivity index (χ0v) is 17.6. The van der Waals surface area contributed by atoms with Crippen molar-refractivity contribution < 1.29 is 4.79 Å². The zero-order chi connectivity index (χ0) is 19.8. The van der Waals surface area contributed by atoms with Crippen LogP contribution in [0.3, 0.4) is 0 Å². The fourth-order valence-electron chi connectivity index (χ4n) is 3.83. The van der Waals surface area contributed by atoms with Crippen LogP contribution in [0.5, 0.6) is 0 Å². The summed E-state index contributed by atoms with van der Waals surface area (Å²) in [5, 5.41) is 14.2. The number of rotatable bonds is 8. The lowest BCUT2D eigenvalue weighted by Crippen LogP contribution is -2.45. The molecule has 0 spiro atoms. The van der Waals surface area contributed by atoms with Crippen LogP contribution in [0.15, 0.2) is 4.99 Å². The number of amides is 1. The van der Waals surface area contributed by atoms with Gasteiger partial charge < -0.3 is 16.0 Å². The van der Waals surface area contributed by atoms with E-state index in [9.17, 15) is 4.79 Å². The number of nitrogens with one attached hydrogen (secondary N) is 3. The van der Waals surface area contributed by atoms with Crippen LogP contribution in [0.2, 0.25) is 0 Å². The molecular weight excluding hydrogens is 340 g/mol. The molecule has 1 heterocycles. The number of hydrogen-bond acceptors (Lipinski definition) is 3. The Morgan fingerprint density at radius 1 is 1.26 bits per heavy atom. The van der Waals surface area contributed by atoms with Crippen LogP contribution in [0.25, 0.3) is 0 Å². The van der Waals surface area contributed by atoms with Gasteiger partial charge in [0, 0.05) is 45.3 Å². The summed E-state index contributed by atoms with van der Waals surface area (Å²) < 4.78 is 1.93. The minimum absolute atomic E-state index is 0.169. The molecule has 7 heteroatoms. The molecular formula is C20H36N6O. The van der Waals surface area contributed by atoms with Crippen LogP contribution >= 0.6 is 0 Å². The molecule has 27 heavy (non-hydrogen) atoms. The molecule has 0 aromatic carbocycles. The second-order valence-corrected chi connectivity index (χ2v) is 7.73. The van der Waals surface area contributed by atoms with Gasteiger partial charge in [-0.3, -0.25) is 14.5 Å². The first-order valence-corrected chi connectivity index (χ1v) is 10.1. The summed E-state index contributed by atoms with van der Waals surface area (Å²) in [6, 6.07) is 0.231. The summed E-state index contributed by atoms with van der Waals surface area (Å²) in [6.45, 7) is 7.57. The van der Waals surface area contributed by atoms with Gasteiger partial charge in [0.25, 0.3) is 0 Å². The number of guanidine groups is 1. The Kier molecular flexibility index (Phi) is 8.13. The summed E-state index contributed by atoms with van der Waals surface area (Å²) in [4.78, 5) is 16.2. The molecule has 1 saturated carbocycles. The fourth-order valence-corrected chi connectivity index (χ4v) is 3.83. The first-order valence-electron chi connectivity index (χ1n) is 10.1. The van der Waals surface area contributed by atoms with Gasteiger partial charge in [0.1, 0.15) is 0 Å². The Balaban J connectivity index is 1.68. The van der Waals surface area contributed by atoms with Crippen molar-refractivity contribution in [1.82, 2.24) is 25.7 Å². The van der Waals surface area contributed by atoms with Crippen LogP contribution in [-0.2, 0) is 18.3 Å². The molecule has 1 aromatic rings. The van der Waals surface area contributed by atoms with Gasteiger partial charge in [-0.1, -0.05) is 12.8 Å². The number of carbonyl (C=O) groups excluding carboxylic acids is 1. The average molecular weight is 377 g/mol. The van der Waals surface area contributed by atoms with E-state index in [1.54, 1.807) is 7.05 Å². The first kappa shape index (κ1) is 21.3. The predicted octanol–water partition coefficient (Wildman–Crippen LogP) is 1.83. The maximum Gasteiger partial charge on any atom is 0.220 e. The normalized spacial score (nSPS) is 16.4. The fraction of sp³-hybridized carbons (Fsp3) is 0.750. The Bertz CT molecular complexity index is 645. The molecule has 0 aliphatic heterocycles. The summed E-state index contributed by atoms with van der Waals surface area (Å²) in [5.74, 6) is 1.52. The van der Waals surface area contributed by atoms with E-state index in [1.165, 1.54) is 36.9 Å². The van der Waals surface area contributed by atoms with Gasteiger partial charge in [0.2, 0.25) is 5.91 Å². The second-order valence-electron chi connectivity index (χ2n) is 7.73. The van der Waals surface area contributed by atoms with Crippen LogP contribution in [0.1, 0.15) is 56.0 Å². The van der Waals surface area contributed by atoms with E-state index in [0.29, 0.717) is 25.4 Å². The van der Waals surface area contributed by atoms with E-state index in [-0.39, 0.29) is 11.9 Å². The maximum absolute atomic E-state index is 12.0. The van der Waals surface area contributed by atoms with Crippen molar-refractivity contribution in [2.75, 3.05) is 20.1 Å². The van der Waals surface area contributed by atoms with Crippen LogP contribution in [0, 0.1) is 19.8 Å². The monoisotopic (exact) mass is 376 g/mol. The van der Waals surface area contributed by atoms with E-state index < -0.39 is 0 Å². The Morgan fingerprint density at radius 3 is 2.52 bits per heavy atom. The highest BCUT2D eigenvalue weighted by Gasteiger charge is 2.18. The van der Waals surface area contributed by atoms with Gasteiger partial charge in [-0.25, -0.2) is 0 Å². The third-order valence-corrected chi connectivity index (χ3v) is 5.46. The quantitative estimate of drug-likeness (QED) is 0.367. The lowest BCUT2D eigenvalue weighted by atomic mass is 10.0. The van der Waals surface area contributed by atoms with Crippen molar-refractivity contribution in [1.29, 1.82) is 0 Å². The molecule has 1 atom stereocenters. The summed E-state index contributed by atoms with van der Waals surface area (Å²) in [7, 11) is 3.74. The number of aliphatic imine (C=N–C) groups is 1. The van der Waals surface area contributed by atoms with Gasteiger partial charge in [-0.15, -0.1) is 0 Å². The predicted molar refractivity (Wildman–Crippen MR) is 110 cm³/mol. The van der Waals surface area contributed by atoms with Crippen LogP contribution < -0.4 is 16.0 Å². The highest BCUT2D eigenvalue weighted by molar-refractivity contribution is 5.80. The lowest BCUT2D eigenvalue weighted by molar-refractivity contribution is -0.121. The maximum atomic E-state index is 12.0. The van der Waals surface area contributed by atoms with Crippen LogP contribution in [0.4, 0.5) is 0 Å². The third kappa shape index (κ3) is 6.56. The van der Waals surface area contributed by atoms with Crippen molar-refractivity contribution in [3.8, 4) is 0 Å². The average Bonchev–Trinajstić information content (AvgIpc) is 3.21. The molecule has 152 valence electrons. The number of aryl methyl sites for hydroxylation is 2. The van der Waals surface area contributed by atoms with Crippen molar-refractivity contribution in [2.24, 2.45) is 18.0 Å². The number of nitrogens with zero attached hydrogens (tertiary/aromatic N) is 3. The highest BCUT2D eigenvalue weighted by Crippen LogP contribution is 2.27. The number of aromatic nitrogens is 2. The third-order valence-electron chi connectivity index (χ3n) is 5.46. The van der Waals surface area contributed by atoms with Gasteiger partial charge >= 0.3 is 0 Å². The van der Waals surface area contributed by atoms with Crippen LogP contribution in [-0.4, -0.2) is 47.8 Å². The molecule has 2 rings (SSSR count). The van der Waals surface area contributed by atoms with Gasteiger partial charge in [-0.05, 0) is 51.5 Å². The molecule has 1 fully saturated rings. The summed E-state index contributed by atoms with van der Waals surface area (Å²) in [6.07, 6.45) is 6.53. The molecule has 1 aliphatic carbocycles. The molecule has 1 amide bonds. The molecule has 1 aromatic heterocycles. The molecule has 7 nitrogen and oxygen atoms in total. The van der Waals surface area contributed by atoms with E-state index in [1.807, 2.05) is 11.7 Å². The largest absolute Gasteiger partial charge is 0.355 e. The molecule has 0 saturated heterocycles. The van der Waals surface area contributed by atoms with Crippen molar-refractivity contribution >= 4 is 11.9 Å². The Hall–Kier alpha value is -2.05. The molecule has 1 aliphatic rings. The lowest BCUT2D eigenvalue weighted by Gasteiger charge is -2.18. The molecule has 0 bridgehead atoms. The van der Waals surface area contributed by atoms with E-state index in [0.717, 1.165) is 18.1 Å². The zero-order valence-electron chi connectivity index (χ0n) is 17.6. The first-order chi connectivity index (χ1) is 12.9. The van der Waals surface area contributed by atoms with Crippen molar-refractivity contribution in [3.05, 3.63) is 17.0 Å². The van der Waals surface area contributed by atoms with Crippen molar-refractivity contribution in [2.45, 2.75) is 65.3 Å². The summed E-state index contributed by atoms with van der Waals surface area (Å²) >= 11 is 0. The minimum atomic E-state index is 0.169. The van der Waals surface area contributed by atoms with Gasteiger partial charge in [-0.2, -0.15) is 5.10 Å². The SMILES string of the molecule is CN=C(NCCNC(=O)CC1CCCC1)NC(C)Cc1c(C)nn(C)c1C. The van der Waals surface area contributed by atoms with E-state index in [4.69, 9.17) is 0 Å². The molecule has 3 N–H and O–H groups in total. The number of hydrogen-bond donors (Lipinski definition) is 3. The molecule has 1 unspecified atom stereocenters. The Labute approximate surface area is 163 Å².